The molecule has 1 aliphatic rings. The number of aromatic nitrogens is 3. The summed E-state index contributed by atoms with van der Waals surface area (Å²) in [6.45, 7) is 11.8. The molecule has 6 nitrogen and oxygen atoms in total. The van der Waals surface area contributed by atoms with Crippen molar-refractivity contribution in [3.63, 3.8) is 0 Å². The van der Waals surface area contributed by atoms with E-state index >= 15 is 0 Å². The number of hydrogen-bond acceptors (Lipinski definition) is 5. The summed E-state index contributed by atoms with van der Waals surface area (Å²) in [5, 5.41) is 12.6. The standard InChI is InChI=1S/C24H36N4O2S/c1-6-28-22(14-30-21-13-17(4)11-12-19(21)16(2)3)26-27-24(28)31-15-23(29)25-20-10-8-7-9-18(20)5/h11-13,16,18,20H,6-10,14-15H2,1-5H3,(H,25,29)/t18-,20-/m0/s1. The summed E-state index contributed by atoms with van der Waals surface area (Å²) >= 11 is 1.44. The largest absolute Gasteiger partial charge is 0.485 e. The first-order valence-corrected chi connectivity index (χ1v) is 12.4. The van der Waals surface area contributed by atoms with Crippen LogP contribution in [-0.4, -0.2) is 32.5 Å². The van der Waals surface area contributed by atoms with Crippen molar-refractivity contribution in [3.05, 3.63) is 35.2 Å². The van der Waals surface area contributed by atoms with Gasteiger partial charge in [0.2, 0.25) is 5.91 Å². The highest BCUT2D eigenvalue weighted by Gasteiger charge is 2.23. The Balaban J connectivity index is 1.59. The van der Waals surface area contributed by atoms with E-state index in [1.165, 1.54) is 42.2 Å². The Morgan fingerprint density at radius 1 is 1.29 bits per heavy atom. The second-order valence-electron chi connectivity index (χ2n) is 8.85. The molecule has 1 heterocycles. The zero-order valence-corrected chi connectivity index (χ0v) is 20.3. The molecule has 170 valence electrons. The van der Waals surface area contributed by atoms with Gasteiger partial charge in [-0.2, -0.15) is 0 Å². The number of aryl methyl sites for hydroxylation is 1. The second kappa shape index (κ2) is 11.0. The van der Waals surface area contributed by atoms with Crippen LogP contribution in [0, 0.1) is 12.8 Å². The van der Waals surface area contributed by atoms with Crippen LogP contribution in [0.3, 0.4) is 0 Å². The molecule has 1 saturated carbocycles. The first kappa shape index (κ1) is 23.6. The van der Waals surface area contributed by atoms with Gasteiger partial charge in [-0.3, -0.25) is 4.79 Å². The number of carbonyl (C=O) groups is 1. The van der Waals surface area contributed by atoms with Crippen molar-refractivity contribution in [3.8, 4) is 5.75 Å². The van der Waals surface area contributed by atoms with E-state index in [2.05, 4.69) is 68.3 Å². The Hall–Kier alpha value is -2.02. The van der Waals surface area contributed by atoms with Gasteiger partial charge in [0.05, 0.1) is 5.75 Å². The van der Waals surface area contributed by atoms with Gasteiger partial charge >= 0.3 is 0 Å². The van der Waals surface area contributed by atoms with Crippen LogP contribution in [0.1, 0.15) is 76.2 Å². The van der Waals surface area contributed by atoms with E-state index < -0.39 is 0 Å². The van der Waals surface area contributed by atoms with Gasteiger partial charge in [-0.1, -0.05) is 57.5 Å². The third-order valence-corrected chi connectivity index (χ3v) is 7.01. The zero-order chi connectivity index (χ0) is 22.4. The lowest BCUT2D eigenvalue weighted by atomic mass is 9.86. The van der Waals surface area contributed by atoms with E-state index in [0.29, 0.717) is 30.2 Å². The van der Waals surface area contributed by atoms with Crippen LogP contribution in [0.4, 0.5) is 0 Å². The number of rotatable bonds is 9. The molecule has 0 radical (unpaired) electrons. The van der Waals surface area contributed by atoms with Gasteiger partial charge < -0.3 is 14.6 Å². The average molecular weight is 445 g/mol. The number of nitrogens with zero attached hydrogens (tertiary/aromatic N) is 3. The molecule has 3 rings (SSSR count). The number of ether oxygens (including phenoxy) is 1. The molecule has 1 fully saturated rings. The van der Waals surface area contributed by atoms with Gasteiger partial charge in [-0.25, -0.2) is 0 Å². The number of benzene rings is 1. The molecule has 0 spiro atoms. The van der Waals surface area contributed by atoms with Gasteiger partial charge in [0.25, 0.3) is 0 Å². The second-order valence-corrected chi connectivity index (χ2v) is 9.79. The van der Waals surface area contributed by atoms with Crippen LogP contribution < -0.4 is 10.1 Å². The molecule has 2 aromatic rings. The fourth-order valence-corrected chi connectivity index (χ4v) is 4.98. The zero-order valence-electron chi connectivity index (χ0n) is 19.5. The number of nitrogens with one attached hydrogen (secondary N) is 1. The molecule has 0 unspecified atom stereocenters. The molecule has 0 saturated heterocycles. The number of carbonyl (C=O) groups excluding carboxylic acids is 1. The van der Waals surface area contributed by atoms with Crippen molar-refractivity contribution in [2.24, 2.45) is 5.92 Å². The average Bonchev–Trinajstić information content (AvgIpc) is 3.14. The van der Waals surface area contributed by atoms with Crippen molar-refractivity contribution in [2.75, 3.05) is 5.75 Å². The molecular weight excluding hydrogens is 408 g/mol. The van der Waals surface area contributed by atoms with Crippen LogP contribution >= 0.6 is 11.8 Å². The first-order valence-electron chi connectivity index (χ1n) is 11.5. The Kier molecular flexibility index (Phi) is 8.41. The van der Waals surface area contributed by atoms with Crippen LogP contribution in [0.2, 0.25) is 0 Å². The van der Waals surface area contributed by atoms with Crippen LogP contribution in [-0.2, 0) is 17.9 Å². The van der Waals surface area contributed by atoms with Crippen molar-refractivity contribution in [1.29, 1.82) is 0 Å². The summed E-state index contributed by atoms with van der Waals surface area (Å²) < 4.78 is 8.18. The molecule has 31 heavy (non-hydrogen) atoms. The van der Waals surface area contributed by atoms with Crippen molar-refractivity contribution >= 4 is 17.7 Å². The van der Waals surface area contributed by atoms with E-state index in [-0.39, 0.29) is 5.91 Å². The van der Waals surface area contributed by atoms with Gasteiger partial charge in [-0.05, 0) is 55.7 Å². The summed E-state index contributed by atoms with van der Waals surface area (Å²) in [4.78, 5) is 12.5. The number of thioether (sulfide) groups is 1. The van der Waals surface area contributed by atoms with Crippen LogP contribution in [0.15, 0.2) is 23.4 Å². The summed E-state index contributed by atoms with van der Waals surface area (Å²) in [7, 11) is 0. The maximum Gasteiger partial charge on any atom is 0.230 e. The number of amides is 1. The summed E-state index contributed by atoms with van der Waals surface area (Å²) in [6, 6.07) is 6.63. The predicted molar refractivity (Wildman–Crippen MR) is 126 cm³/mol. The Morgan fingerprint density at radius 3 is 2.77 bits per heavy atom. The highest BCUT2D eigenvalue weighted by Crippen LogP contribution is 2.28. The molecule has 1 amide bonds. The lowest BCUT2D eigenvalue weighted by Gasteiger charge is -2.29. The lowest BCUT2D eigenvalue weighted by Crippen LogP contribution is -2.41. The molecule has 1 aromatic heterocycles. The van der Waals surface area contributed by atoms with Crippen LogP contribution in [0.25, 0.3) is 0 Å². The molecule has 1 aromatic carbocycles. The maximum atomic E-state index is 12.5. The Bertz CT molecular complexity index is 880. The SMILES string of the molecule is CCn1c(COc2cc(C)ccc2C(C)C)nnc1SCC(=O)N[C@H]1CCCC[C@@H]1C. The fourth-order valence-electron chi connectivity index (χ4n) is 4.15. The van der Waals surface area contributed by atoms with Crippen LogP contribution in [0.5, 0.6) is 5.75 Å². The Labute approximate surface area is 190 Å². The third kappa shape index (κ3) is 6.25. The normalized spacial score (nSPS) is 18.9. The maximum absolute atomic E-state index is 12.5. The smallest absolute Gasteiger partial charge is 0.230 e. The van der Waals surface area contributed by atoms with Gasteiger partial charge in [-0.15, -0.1) is 10.2 Å². The van der Waals surface area contributed by atoms with E-state index in [0.717, 1.165) is 29.7 Å². The van der Waals surface area contributed by atoms with Gasteiger partial charge in [0, 0.05) is 12.6 Å². The Morgan fingerprint density at radius 2 is 2.06 bits per heavy atom. The van der Waals surface area contributed by atoms with E-state index in [1.807, 2.05) is 4.57 Å². The van der Waals surface area contributed by atoms with Crippen molar-refractivity contribution < 1.29 is 9.53 Å². The summed E-state index contributed by atoms with van der Waals surface area (Å²) in [5.41, 5.74) is 2.36. The monoisotopic (exact) mass is 444 g/mol. The number of hydrogen-bond donors (Lipinski definition) is 1. The topological polar surface area (TPSA) is 69.0 Å². The van der Waals surface area contributed by atoms with E-state index in [4.69, 9.17) is 4.74 Å². The fraction of sp³-hybridized carbons (Fsp3) is 0.625. The van der Waals surface area contributed by atoms with Crippen molar-refractivity contribution in [2.45, 2.75) is 90.6 Å². The molecule has 0 bridgehead atoms. The summed E-state index contributed by atoms with van der Waals surface area (Å²) in [6.07, 6.45) is 4.76. The molecule has 1 aliphatic carbocycles. The molecular formula is C24H36N4O2S. The molecule has 7 heteroatoms. The van der Waals surface area contributed by atoms with Crippen molar-refractivity contribution in [1.82, 2.24) is 20.1 Å². The highest BCUT2D eigenvalue weighted by molar-refractivity contribution is 7.99. The van der Waals surface area contributed by atoms with Gasteiger partial charge in [0.1, 0.15) is 12.4 Å². The quantitative estimate of drug-likeness (QED) is 0.545. The minimum Gasteiger partial charge on any atom is -0.485 e. The van der Waals surface area contributed by atoms with E-state index in [1.54, 1.807) is 0 Å². The minimum absolute atomic E-state index is 0.0774. The molecule has 0 aliphatic heterocycles. The van der Waals surface area contributed by atoms with E-state index in [9.17, 15) is 4.79 Å². The molecule has 2 atom stereocenters. The lowest BCUT2D eigenvalue weighted by molar-refractivity contribution is -0.119. The summed E-state index contributed by atoms with van der Waals surface area (Å²) in [5.74, 6) is 3.06. The molecule has 1 N–H and O–H groups in total. The third-order valence-electron chi connectivity index (χ3n) is 6.05. The highest BCUT2D eigenvalue weighted by atomic mass is 32.2. The minimum atomic E-state index is 0.0774. The van der Waals surface area contributed by atoms with Gasteiger partial charge in [0.15, 0.2) is 11.0 Å². The first-order chi connectivity index (χ1) is 14.9. The predicted octanol–water partition coefficient (Wildman–Crippen LogP) is 5.10.